The summed E-state index contributed by atoms with van der Waals surface area (Å²) in [7, 11) is 0. The highest BCUT2D eigenvalue weighted by atomic mass is 19.4. The lowest BCUT2D eigenvalue weighted by molar-refractivity contribution is -0.164. The van der Waals surface area contributed by atoms with Gasteiger partial charge in [0.25, 0.3) is 5.92 Å². The molecule has 1 aliphatic carbocycles. The number of hydrogen-bond acceptors (Lipinski definition) is 1. The van der Waals surface area contributed by atoms with Crippen LogP contribution in [0.5, 0.6) is 0 Å². The molecular weight excluding hydrogens is 193 g/mol. The van der Waals surface area contributed by atoms with Crippen molar-refractivity contribution in [1.29, 1.82) is 0 Å². The summed E-state index contributed by atoms with van der Waals surface area (Å²) in [6.07, 6.45) is -5.34. The monoisotopic (exact) mass is 203 g/mol. The van der Waals surface area contributed by atoms with Crippen molar-refractivity contribution >= 4 is 0 Å². The molecule has 78 valence electrons. The van der Waals surface area contributed by atoms with Gasteiger partial charge in [-0.1, -0.05) is 0 Å². The Labute approximate surface area is 72.3 Å². The Balaban J connectivity index is 2.28. The molecule has 1 saturated carbocycles. The second kappa shape index (κ2) is 3.08. The van der Waals surface area contributed by atoms with Crippen LogP contribution in [-0.2, 0) is 0 Å². The molecule has 0 aliphatic heterocycles. The van der Waals surface area contributed by atoms with Crippen molar-refractivity contribution in [3.05, 3.63) is 0 Å². The van der Waals surface area contributed by atoms with Crippen LogP contribution in [0.1, 0.15) is 19.8 Å². The maximum absolute atomic E-state index is 12.2. The molecule has 0 spiro atoms. The second-order valence-electron chi connectivity index (χ2n) is 3.39. The molecule has 6 heteroatoms. The molecule has 0 aromatic heterocycles. The zero-order valence-electron chi connectivity index (χ0n) is 6.96. The van der Waals surface area contributed by atoms with E-state index in [1.54, 1.807) is 0 Å². The minimum Gasteiger partial charge on any atom is -0.303 e. The minimum absolute atomic E-state index is 0.493. The Morgan fingerprint density at radius 3 is 2.08 bits per heavy atom. The van der Waals surface area contributed by atoms with E-state index in [9.17, 15) is 22.0 Å². The van der Waals surface area contributed by atoms with E-state index in [1.807, 2.05) is 0 Å². The lowest BCUT2D eigenvalue weighted by Gasteiger charge is -2.37. The Kier molecular flexibility index (Phi) is 2.53. The zero-order chi connectivity index (χ0) is 10.3. The third-order valence-electron chi connectivity index (χ3n) is 2.07. The second-order valence-corrected chi connectivity index (χ2v) is 3.39. The SMILES string of the molecule is CC(NC1CC(F)(F)C1)C(F)(F)F. The molecule has 1 rings (SSSR count). The van der Waals surface area contributed by atoms with Crippen LogP contribution in [0.2, 0.25) is 0 Å². The van der Waals surface area contributed by atoms with Crippen molar-refractivity contribution < 1.29 is 22.0 Å². The molecule has 0 amide bonds. The molecule has 1 unspecified atom stereocenters. The molecule has 1 N–H and O–H groups in total. The standard InChI is InChI=1S/C7H10F5N/c1-4(7(10,11)12)13-5-2-6(8,9)3-5/h4-5,13H,2-3H2,1H3. The third-order valence-corrected chi connectivity index (χ3v) is 2.07. The normalized spacial score (nSPS) is 25.4. The Morgan fingerprint density at radius 2 is 1.77 bits per heavy atom. The molecule has 0 aromatic carbocycles. The summed E-state index contributed by atoms with van der Waals surface area (Å²) in [5, 5.41) is 2.11. The lowest BCUT2D eigenvalue weighted by atomic mass is 9.88. The Bertz CT molecular complexity index is 180. The highest BCUT2D eigenvalue weighted by molar-refractivity contribution is 4.93. The quantitative estimate of drug-likeness (QED) is 0.679. The van der Waals surface area contributed by atoms with E-state index >= 15 is 0 Å². The highest BCUT2D eigenvalue weighted by Crippen LogP contribution is 2.38. The first-order valence-electron chi connectivity index (χ1n) is 3.91. The van der Waals surface area contributed by atoms with E-state index in [0.29, 0.717) is 0 Å². The first kappa shape index (κ1) is 10.7. The molecule has 0 bridgehead atoms. The molecule has 0 heterocycles. The van der Waals surface area contributed by atoms with Gasteiger partial charge in [-0.25, -0.2) is 8.78 Å². The van der Waals surface area contributed by atoms with E-state index in [2.05, 4.69) is 5.32 Å². The van der Waals surface area contributed by atoms with Gasteiger partial charge < -0.3 is 5.32 Å². The number of hydrogen-bond donors (Lipinski definition) is 1. The van der Waals surface area contributed by atoms with Gasteiger partial charge in [-0.3, -0.25) is 0 Å². The van der Waals surface area contributed by atoms with Gasteiger partial charge in [0.05, 0.1) is 0 Å². The summed E-state index contributed by atoms with van der Waals surface area (Å²) in [5.74, 6) is -2.77. The Hall–Kier alpha value is -0.390. The summed E-state index contributed by atoms with van der Waals surface area (Å²) in [4.78, 5) is 0. The van der Waals surface area contributed by atoms with Gasteiger partial charge in [-0.2, -0.15) is 13.2 Å². The van der Waals surface area contributed by atoms with Gasteiger partial charge in [0.2, 0.25) is 0 Å². The lowest BCUT2D eigenvalue weighted by Crippen LogP contribution is -2.54. The van der Waals surface area contributed by atoms with Crippen molar-refractivity contribution in [2.24, 2.45) is 0 Å². The first-order chi connectivity index (χ1) is 5.71. The molecule has 0 radical (unpaired) electrons. The predicted molar refractivity (Wildman–Crippen MR) is 36.6 cm³/mol. The number of nitrogens with one attached hydrogen (secondary N) is 1. The van der Waals surface area contributed by atoms with Crippen LogP contribution in [0.25, 0.3) is 0 Å². The van der Waals surface area contributed by atoms with Crippen molar-refractivity contribution in [3.8, 4) is 0 Å². The van der Waals surface area contributed by atoms with Gasteiger partial charge in [0.1, 0.15) is 6.04 Å². The number of alkyl halides is 5. The van der Waals surface area contributed by atoms with E-state index in [-0.39, 0.29) is 0 Å². The van der Waals surface area contributed by atoms with E-state index < -0.39 is 37.0 Å². The zero-order valence-corrected chi connectivity index (χ0v) is 6.96. The van der Waals surface area contributed by atoms with Crippen molar-refractivity contribution in [3.63, 3.8) is 0 Å². The van der Waals surface area contributed by atoms with Crippen LogP contribution in [0, 0.1) is 0 Å². The minimum atomic E-state index is -4.36. The van der Waals surface area contributed by atoms with E-state index in [4.69, 9.17) is 0 Å². The first-order valence-corrected chi connectivity index (χ1v) is 3.91. The van der Waals surface area contributed by atoms with Gasteiger partial charge in [-0.05, 0) is 6.92 Å². The molecule has 1 nitrogen and oxygen atoms in total. The van der Waals surface area contributed by atoms with Crippen LogP contribution in [0.15, 0.2) is 0 Å². The fourth-order valence-corrected chi connectivity index (χ4v) is 1.23. The summed E-state index contributed by atoms with van der Waals surface area (Å²) in [6, 6.07) is -2.42. The smallest absolute Gasteiger partial charge is 0.303 e. The van der Waals surface area contributed by atoms with Gasteiger partial charge in [-0.15, -0.1) is 0 Å². The van der Waals surface area contributed by atoms with E-state index in [1.165, 1.54) is 0 Å². The third kappa shape index (κ3) is 2.79. The van der Waals surface area contributed by atoms with Crippen molar-refractivity contribution in [2.75, 3.05) is 0 Å². The van der Waals surface area contributed by atoms with Crippen molar-refractivity contribution in [1.82, 2.24) is 5.32 Å². The molecule has 13 heavy (non-hydrogen) atoms. The maximum atomic E-state index is 12.2. The highest BCUT2D eigenvalue weighted by Gasteiger charge is 2.48. The topological polar surface area (TPSA) is 12.0 Å². The largest absolute Gasteiger partial charge is 0.403 e. The summed E-state index contributed by atoms with van der Waals surface area (Å²) in [5.41, 5.74) is 0. The molecule has 1 atom stereocenters. The van der Waals surface area contributed by atoms with E-state index in [0.717, 1.165) is 6.92 Å². The Morgan fingerprint density at radius 1 is 1.31 bits per heavy atom. The fourth-order valence-electron chi connectivity index (χ4n) is 1.23. The molecule has 1 aliphatic rings. The van der Waals surface area contributed by atoms with Crippen LogP contribution in [-0.4, -0.2) is 24.2 Å². The van der Waals surface area contributed by atoms with Crippen LogP contribution in [0.4, 0.5) is 22.0 Å². The molecule has 0 saturated heterocycles. The average Bonchev–Trinajstić information content (AvgIpc) is 1.80. The van der Waals surface area contributed by atoms with Crippen LogP contribution >= 0.6 is 0 Å². The summed E-state index contributed by atoms with van der Waals surface area (Å²) < 4.78 is 60.2. The van der Waals surface area contributed by atoms with Crippen LogP contribution < -0.4 is 5.32 Å². The molecule has 1 fully saturated rings. The number of rotatable bonds is 2. The average molecular weight is 203 g/mol. The van der Waals surface area contributed by atoms with Crippen molar-refractivity contribution in [2.45, 2.75) is 43.9 Å². The predicted octanol–water partition coefficient (Wildman–Crippen LogP) is 2.32. The molecular formula is C7H10F5N. The summed E-state index contributed by atoms with van der Waals surface area (Å²) >= 11 is 0. The van der Waals surface area contributed by atoms with Gasteiger partial charge in [0, 0.05) is 18.9 Å². The molecule has 0 aromatic rings. The maximum Gasteiger partial charge on any atom is 0.403 e. The summed E-state index contributed by atoms with van der Waals surface area (Å²) in [6.45, 7) is 0.927. The number of halogens is 5. The van der Waals surface area contributed by atoms with Gasteiger partial charge in [0.15, 0.2) is 0 Å². The van der Waals surface area contributed by atoms with Crippen LogP contribution in [0.3, 0.4) is 0 Å². The van der Waals surface area contributed by atoms with Gasteiger partial charge >= 0.3 is 6.18 Å². The fraction of sp³-hybridized carbons (Fsp3) is 1.00.